The molecule has 5 nitrogen and oxygen atoms in total. The molecule has 0 saturated carbocycles. The lowest BCUT2D eigenvalue weighted by atomic mass is 10.2. The van der Waals surface area contributed by atoms with Crippen molar-refractivity contribution in [3.05, 3.63) is 65.2 Å². The Balaban J connectivity index is 1.20. The summed E-state index contributed by atoms with van der Waals surface area (Å²) in [5, 5.41) is 4.04. The van der Waals surface area contributed by atoms with E-state index in [0.29, 0.717) is 26.0 Å². The Morgan fingerprint density at radius 2 is 2.00 bits per heavy atom. The Morgan fingerprint density at radius 1 is 1.18 bits per heavy atom. The molecule has 2 heterocycles. The number of morpholine rings is 1. The Bertz CT molecular complexity index is 879. The van der Waals surface area contributed by atoms with Gasteiger partial charge in [-0.25, -0.2) is 4.98 Å². The zero-order valence-corrected chi connectivity index (χ0v) is 16.7. The number of aromatic nitrogens is 1. The maximum Gasteiger partial charge on any atom is 0.220 e. The van der Waals surface area contributed by atoms with Crippen LogP contribution in [-0.4, -0.2) is 48.1 Å². The monoisotopic (exact) mass is 395 g/mol. The third-order valence-corrected chi connectivity index (χ3v) is 6.00. The van der Waals surface area contributed by atoms with E-state index in [2.05, 4.69) is 45.5 Å². The van der Waals surface area contributed by atoms with Gasteiger partial charge in [-0.2, -0.15) is 0 Å². The van der Waals surface area contributed by atoms with Gasteiger partial charge in [-0.1, -0.05) is 42.5 Å². The molecule has 1 N–H and O–H groups in total. The SMILES string of the molecule is O=C(CCc1nc2ccccc2s1)NC[C@@H]1CN(Cc2ccccc2)CCO1. The summed E-state index contributed by atoms with van der Waals surface area (Å²) in [4.78, 5) is 19.2. The number of rotatable bonds is 7. The van der Waals surface area contributed by atoms with Gasteiger partial charge in [0, 0.05) is 39.0 Å². The summed E-state index contributed by atoms with van der Waals surface area (Å²) in [5.74, 6) is 0.0584. The van der Waals surface area contributed by atoms with Gasteiger partial charge in [-0.3, -0.25) is 9.69 Å². The minimum Gasteiger partial charge on any atom is -0.374 e. The van der Waals surface area contributed by atoms with Crippen molar-refractivity contribution >= 4 is 27.5 Å². The number of hydrogen-bond acceptors (Lipinski definition) is 5. The lowest BCUT2D eigenvalue weighted by molar-refractivity contribution is -0.122. The summed E-state index contributed by atoms with van der Waals surface area (Å²) in [6.45, 7) is 3.96. The van der Waals surface area contributed by atoms with E-state index < -0.39 is 0 Å². The van der Waals surface area contributed by atoms with Gasteiger partial charge in [0.2, 0.25) is 5.91 Å². The number of thiazole rings is 1. The summed E-state index contributed by atoms with van der Waals surface area (Å²) in [6.07, 6.45) is 1.18. The van der Waals surface area contributed by atoms with Crippen molar-refractivity contribution in [2.24, 2.45) is 0 Å². The van der Waals surface area contributed by atoms with Crippen LogP contribution in [0.25, 0.3) is 10.2 Å². The molecule has 6 heteroatoms. The van der Waals surface area contributed by atoms with E-state index in [4.69, 9.17) is 4.74 Å². The number of para-hydroxylation sites is 1. The second kappa shape index (κ2) is 9.28. The summed E-state index contributed by atoms with van der Waals surface area (Å²) in [6, 6.07) is 18.6. The predicted molar refractivity (Wildman–Crippen MR) is 112 cm³/mol. The van der Waals surface area contributed by atoms with E-state index in [0.717, 1.165) is 30.2 Å². The number of hydrogen-bond donors (Lipinski definition) is 1. The van der Waals surface area contributed by atoms with Crippen LogP contribution < -0.4 is 5.32 Å². The van der Waals surface area contributed by atoms with Gasteiger partial charge in [0.1, 0.15) is 0 Å². The van der Waals surface area contributed by atoms with Crippen molar-refractivity contribution in [1.29, 1.82) is 0 Å². The Kier molecular flexibility index (Phi) is 6.31. The number of carbonyl (C=O) groups excluding carboxylic acids is 1. The Morgan fingerprint density at radius 3 is 2.86 bits per heavy atom. The number of ether oxygens (including phenoxy) is 1. The van der Waals surface area contributed by atoms with E-state index in [1.54, 1.807) is 11.3 Å². The molecule has 0 unspecified atom stereocenters. The molecule has 0 spiro atoms. The summed E-state index contributed by atoms with van der Waals surface area (Å²) in [5.41, 5.74) is 2.32. The number of benzene rings is 2. The van der Waals surface area contributed by atoms with Crippen LogP contribution in [0.1, 0.15) is 17.0 Å². The van der Waals surface area contributed by atoms with E-state index in [-0.39, 0.29) is 12.0 Å². The van der Waals surface area contributed by atoms with Crippen molar-refractivity contribution in [3.8, 4) is 0 Å². The van der Waals surface area contributed by atoms with Crippen LogP contribution in [0.4, 0.5) is 0 Å². The number of nitrogens with one attached hydrogen (secondary N) is 1. The van der Waals surface area contributed by atoms with Crippen LogP contribution in [0.15, 0.2) is 54.6 Å². The molecule has 1 aliphatic heterocycles. The molecule has 1 fully saturated rings. The van der Waals surface area contributed by atoms with E-state index >= 15 is 0 Å². The van der Waals surface area contributed by atoms with Gasteiger partial charge in [-0.05, 0) is 17.7 Å². The molecular weight excluding hydrogens is 370 g/mol. The quantitative estimate of drug-likeness (QED) is 0.667. The highest BCUT2D eigenvalue weighted by atomic mass is 32.1. The fourth-order valence-electron chi connectivity index (χ4n) is 3.45. The van der Waals surface area contributed by atoms with Crippen LogP contribution in [0.3, 0.4) is 0 Å². The minimum atomic E-state index is 0.0452. The van der Waals surface area contributed by atoms with Crippen molar-refractivity contribution in [2.75, 3.05) is 26.2 Å². The van der Waals surface area contributed by atoms with Crippen molar-refractivity contribution in [3.63, 3.8) is 0 Å². The number of aryl methyl sites for hydroxylation is 1. The number of nitrogens with zero attached hydrogens (tertiary/aromatic N) is 2. The van der Waals surface area contributed by atoms with Gasteiger partial charge in [0.15, 0.2) is 0 Å². The molecule has 4 rings (SSSR count). The number of carbonyl (C=O) groups is 1. The lowest BCUT2D eigenvalue weighted by Gasteiger charge is -2.33. The van der Waals surface area contributed by atoms with Gasteiger partial charge in [-0.15, -0.1) is 11.3 Å². The highest BCUT2D eigenvalue weighted by Gasteiger charge is 2.21. The van der Waals surface area contributed by atoms with Gasteiger partial charge >= 0.3 is 0 Å². The van der Waals surface area contributed by atoms with Gasteiger partial charge < -0.3 is 10.1 Å². The van der Waals surface area contributed by atoms with E-state index in [1.165, 1.54) is 10.3 Å². The molecule has 2 aromatic carbocycles. The molecule has 1 amide bonds. The van der Waals surface area contributed by atoms with Crippen LogP contribution in [-0.2, 0) is 22.5 Å². The van der Waals surface area contributed by atoms with Gasteiger partial charge in [0.25, 0.3) is 0 Å². The molecule has 1 aliphatic rings. The molecule has 1 saturated heterocycles. The van der Waals surface area contributed by atoms with E-state index in [1.807, 2.05) is 24.3 Å². The largest absolute Gasteiger partial charge is 0.374 e. The Labute approximate surface area is 169 Å². The summed E-state index contributed by atoms with van der Waals surface area (Å²) < 4.78 is 7.01. The molecule has 146 valence electrons. The number of fused-ring (bicyclic) bond motifs is 1. The van der Waals surface area contributed by atoms with Crippen LogP contribution in [0.2, 0.25) is 0 Å². The van der Waals surface area contributed by atoms with Crippen molar-refractivity contribution in [2.45, 2.75) is 25.5 Å². The first-order chi connectivity index (χ1) is 13.8. The minimum absolute atomic E-state index is 0.0452. The topological polar surface area (TPSA) is 54.5 Å². The maximum atomic E-state index is 12.2. The third-order valence-electron chi connectivity index (χ3n) is 4.90. The summed E-state index contributed by atoms with van der Waals surface area (Å²) >= 11 is 1.66. The normalized spacial score (nSPS) is 17.6. The highest BCUT2D eigenvalue weighted by molar-refractivity contribution is 7.18. The predicted octanol–water partition coefficient (Wildman–Crippen LogP) is 3.25. The zero-order chi connectivity index (χ0) is 19.2. The first-order valence-electron chi connectivity index (χ1n) is 9.75. The molecule has 0 bridgehead atoms. The smallest absolute Gasteiger partial charge is 0.220 e. The maximum absolute atomic E-state index is 12.2. The highest BCUT2D eigenvalue weighted by Crippen LogP contribution is 2.22. The van der Waals surface area contributed by atoms with Crippen molar-refractivity contribution in [1.82, 2.24) is 15.2 Å². The molecular formula is C22H25N3O2S. The first-order valence-corrected chi connectivity index (χ1v) is 10.6. The van der Waals surface area contributed by atoms with Crippen molar-refractivity contribution < 1.29 is 9.53 Å². The third kappa shape index (κ3) is 5.16. The van der Waals surface area contributed by atoms with Gasteiger partial charge in [0.05, 0.1) is 27.9 Å². The second-order valence-corrected chi connectivity index (χ2v) is 8.21. The summed E-state index contributed by atoms with van der Waals surface area (Å²) in [7, 11) is 0. The first kappa shape index (κ1) is 19.1. The average molecular weight is 396 g/mol. The Hall–Kier alpha value is -2.28. The zero-order valence-electron chi connectivity index (χ0n) is 15.8. The molecule has 1 aromatic heterocycles. The fourth-order valence-corrected chi connectivity index (χ4v) is 4.42. The molecule has 0 radical (unpaired) electrons. The lowest BCUT2D eigenvalue weighted by Crippen LogP contribution is -2.47. The molecule has 1 atom stereocenters. The fraction of sp³-hybridized carbons (Fsp3) is 0.364. The number of amides is 1. The second-order valence-electron chi connectivity index (χ2n) is 7.09. The van der Waals surface area contributed by atoms with Crippen LogP contribution in [0, 0.1) is 0 Å². The molecule has 0 aliphatic carbocycles. The average Bonchev–Trinajstić information content (AvgIpc) is 3.15. The van der Waals surface area contributed by atoms with Crippen LogP contribution in [0.5, 0.6) is 0 Å². The standard InChI is InChI=1S/C22H25N3O2S/c26-21(10-11-22-24-19-8-4-5-9-20(19)28-22)23-14-18-16-25(12-13-27-18)15-17-6-2-1-3-7-17/h1-9,18H,10-16H2,(H,23,26)/t18-/m1/s1. The van der Waals surface area contributed by atoms with Crippen LogP contribution >= 0.6 is 11.3 Å². The van der Waals surface area contributed by atoms with E-state index in [9.17, 15) is 4.79 Å². The molecule has 3 aromatic rings. The molecule has 28 heavy (non-hydrogen) atoms.